The Morgan fingerprint density at radius 2 is 1.70 bits per heavy atom. The molecule has 3 N–H and O–H groups in total. The Labute approximate surface area is 195 Å². The van der Waals surface area contributed by atoms with E-state index in [1.807, 2.05) is 0 Å². The Kier molecular flexibility index (Phi) is 4.77. The summed E-state index contributed by atoms with van der Waals surface area (Å²) in [7, 11) is 0. The van der Waals surface area contributed by atoms with Crippen molar-refractivity contribution in [3.8, 4) is 0 Å². The predicted molar refractivity (Wildman–Crippen MR) is 119 cm³/mol. The van der Waals surface area contributed by atoms with Crippen LogP contribution < -0.4 is 5.32 Å². The van der Waals surface area contributed by atoms with Crippen LogP contribution in [0.4, 0.5) is 4.79 Å². The van der Waals surface area contributed by atoms with Crippen LogP contribution in [0.25, 0.3) is 0 Å². The zero-order valence-corrected chi connectivity index (χ0v) is 20.4. The normalized spacial score (nSPS) is 43.1. The van der Waals surface area contributed by atoms with E-state index in [0.29, 0.717) is 24.8 Å². The molecule has 0 spiro atoms. The fourth-order valence-corrected chi connectivity index (χ4v) is 8.49. The molecule has 8 nitrogen and oxygen atoms in total. The van der Waals surface area contributed by atoms with Crippen molar-refractivity contribution in [2.24, 2.45) is 34.5 Å². The maximum Gasteiger partial charge on any atom is 0.408 e. The highest BCUT2D eigenvalue weighted by molar-refractivity contribution is 5.91. The summed E-state index contributed by atoms with van der Waals surface area (Å²) in [5.74, 6) is -0.573. The van der Waals surface area contributed by atoms with Gasteiger partial charge in [-0.2, -0.15) is 0 Å². The molecule has 1 heterocycles. The molecule has 4 bridgehead atoms. The van der Waals surface area contributed by atoms with Crippen molar-refractivity contribution in [2.75, 3.05) is 6.54 Å². The minimum absolute atomic E-state index is 0.0679. The number of carbonyl (C=O) groups is 3. The molecule has 0 radical (unpaired) electrons. The van der Waals surface area contributed by atoms with Crippen molar-refractivity contribution < 1.29 is 29.3 Å². The summed E-state index contributed by atoms with van der Waals surface area (Å²) in [4.78, 5) is 40.7. The van der Waals surface area contributed by atoms with Crippen molar-refractivity contribution in [2.45, 2.75) is 96.4 Å². The number of carbonyl (C=O) groups excluding carboxylic acids is 2. The highest BCUT2D eigenvalue weighted by Gasteiger charge is 2.71. The minimum atomic E-state index is -0.985. The second kappa shape index (κ2) is 6.86. The number of piperidine rings is 1. The quantitative estimate of drug-likeness (QED) is 0.592. The molecule has 2 unspecified atom stereocenters. The average Bonchev–Trinajstić information content (AvgIpc) is 2.97. The number of carboxylic acid groups (broad SMARTS) is 1. The lowest BCUT2D eigenvalue weighted by Crippen LogP contribution is -2.67. The van der Waals surface area contributed by atoms with Crippen LogP contribution in [-0.4, -0.2) is 62.9 Å². The Hall–Kier alpha value is -1.83. The second-order valence-corrected chi connectivity index (χ2v) is 13.4. The molecule has 0 aromatic rings. The van der Waals surface area contributed by atoms with Gasteiger partial charge in [-0.15, -0.1) is 0 Å². The molecule has 0 aromatic heterocycles. The van der Waals surface area contributed by atoms with Crippen LogP contribution >= 0.6 is 0 Å². The van der Waals surface area contributed by atoms with Crippen LogP contribution in [0.1, 0.15) is 73.1 Å². The van der Waals surface area contributed by atoms with Gasteiger partial charge in [0.25, 0.3) is 0 Å². The van der Waals surface area contributed by atoms with E-state index in [1.165, 1.54) is 4.90 Å². The number of likely N-dealkylation sites (tertiary alicyclic amines) is 1. The lowest BCUT2D eigenvalue weighted by molar-refractivity contribution is -0.181. The van der Waals surface area contributed by atoms with Crippen molar-refractivity contribution in [3.05, 3.63) is 0 Å². The van der Waals surface area contributed by atoms with Gasteiger partial charge in [0.05, 0.1) is 5.60 Å². The third-order valence-electron chi connectivity index (χ3n) is 9.34. The van der Waals surface area contributed by atoms with Gasteiger partial charge >= 0.3 is 12.1 Å². The number of carboxylic acids is 1. The summed E-state index contributed by atoms with van der Waals surface area (Å²) in [6, 6.07) is -1.77. The Morgan fingerprint density at radius 1 is 1.09 bits per heavy atom. The third-order valence-corrected chi connectivity index (χ3v) is 9.34. The van der Waals surface area contributed by atoms with Gasteiger partial charge in [0, 0.05) is 17.9 Å². The monoisotopic (exact) mass is 462 g/mol. The first kappa shape index (κ1) is 22.9. The van der Waals surface area contributed by atoms with E-state index in [0.717, 1.165) is 32.1 Å². The number of amides is 2. The maximum atomic E-state index is 14.1. The topological polar surface area (TPSA) is 116 Å². The van der Waals surface area contributed by atoms with E-state index < -0.39 is 40.8 Å². The molecule has 1 aliphatic heterocycles. The van der Waals surface area contributed by atoms with Gasteiger partial charge in [0.1, 0.15) is 17.7 Å². The summed E-state index contributed by atoms with van der Waals surface area (Å²) in [5.41, 5.74) is -2.19. The third kappa shape index (κ3) is 3.63. The average molecular weight is 463 g/mol. The highest BCUT2D eigenvalue weighted by Crippen LogP contribution is 2.66. The van der Waals surface area contributed by atoms with Gasteiger partial charge in [0.15, 0.2) is 0 Å². The minimum Gasteiger partial charge on any atom is -0.480 e. The second-order valence-electron chi connectivity index (χ2n) is 13.4. The van der Waals surface area contributed by atoms with Gasteiger partial charge in [-0.3, -0.25) is 4.79 Å². The molecule has 33 heavy (non-hydrogen) atoms. The molecule has 184 valence electrons. The molecule has 6 atom stereocenters. The molecule has 6 fully saturated rings. The molecule has 1 saturated heterocycles. The van der Waals surface area contributed by atoms with Crippen LogP contribution in [0.5, 0.6) is 0 Å². The number of hydrogen-bond donors (Lipinski definition) is 3. The number of ether oxygens (including phenoxy) is 1. The predicted octanol–water partition coefficient (Wildman–Crippen LogP) is 2.78. The number of rotatable bonds is 4. The standard InChI is InChI=1S/C25H38N2O6/c1-22(2,3)33-21(31)26-18(24-7-13-6-14(8-24)10-25(32,9-13)12-24)19(28)27-11-15-16(23(15,4)5)17(27)20(29)30/h13-18,32H,6-12H2,1-5H3,(H,26,31)(H,29,30)/t13?,14?,15-,16-,17-,18+,24?,25?/m0/s1. The van der Waals surface area contributed by atoms with Gasteiger partial charge in [-0.25, -0.2) is 9.59 Å². The molecule has 5 saturated carbocycles. The van der Waals surface area contributed by atoms with E-state index >= 15 is 0 Å². The zero-order chi connectivity index (χ0) is 24.1. The largest absolute Gasteiger partial charge is 0.480 e. The Morgan fingerprint density at radius 3 is 2.21 bits per heavy atom. The van der Waals surface area contributed by atoms with E-state index in [-0.39, 0.29) is 23.2 Å². The number of alkyl carbamates (subject to hydrolysis) is 1. The molecule has 0 aromatic carbocycles. The highest BCUT2D eigenvalue weighted by atomic mass is 16.6. The molecular weight excluding hydrogens is 424 g/mol. The molecule has 8 heteroatoms. The number of nitrogens with one attached hydrogen (secondary N) is 1. The number of nitrogens with zero attached hydrogens (tertiary/aromatic N) is 1. The maximum absolute atomic E-state index is 14.1. The van der Waals surface area contributed by atoms with Gasteiger partial charge < -0.3 is 25.2 Å². The van der Waals surface area contributed by atoms with Crippen molar-refractivity contribution >= 4 is 18.0 Å². The first-order valence-corrected chi connectivity index (χ1v) is 12.4. The lowest BCUT2D eigenvalue weighted by atomic mass is 9.46. The summed E-state index contributed by atoms with van der Waals surface area (Å²) < 4.78 is 5.51. The number of hydrogen-bond acceptors (Lipinski definition) is 5. The number of fused-ring (bicyclic) bond motifs is 1. The zero-order valence-electron chi connectivity index (χ0n) is 20.4. The SMILES string of the molecule is CC(C)(C)OC(=O)N[C@H](C(=O)N1C[C@H]2[C@@H]([C@H]1C(=O)O)C2(C)C)C12CC3CC(CC(O)(C3)C1)C2. The van der Waals surface area contributed by atoms with Gasteiger partial charge in [-0.05, 0) is 82.5 Å². The lowest BCUT2D eigenvalue weighted by Gasteiger charge is -2.62. The molecule has 5 aliphatic carbocycles. The smallest absolute Gasteiger partial charge is 0.408 e. The van der Waals surface area contributed by atoms with E-state index in [4.69, 9.17) is 4.74 Å². The van der Waals surface area contributed by atoms with E-state index in [2.05, 4.69) is 19.2 Å². The molecular formula is C25H38N2O6. The summed E-state index contributed by atoms with van der Waals surface area (Å²) >= 11 is 0. The molecule has 6 rings (SSSR count). The molecule has 2 amide bonds. The first-order valence-electron chi connectivity index (χ1n) is 12.4. The Balaban J connectivity index is 1.47. The van der Waals surface area contributed by atoms with Crippen molar-refractivity contribution in [1.82, 2.24) is 10.2 Å². The van der Waals surface area contributed by atoms with Crippen molar-refractivity contribution in [3.63, 3.8) is 0 Å². The summed E-state index contributed by atoms with van der Waals surface area (Å²) in [6.07, 6.45) is 3.88. The van der Waals surface area contributed by atoms with E-state index in [1.54, 1.807) is 20.8 Å². The summed E-state index contributed by atoms with van der Waals surface area (Å²) in [6.45, 7) is 9.83. The van der Waals surface area contributed by atoms with Crippen LogP contribution in [-0.2, 0) is 14.3 Å². The summed E-state index contributed by atoms with van der Waals surface area (Å²) in [5, 5.41) is 24.2. The van der Waals surface area contributed by atoms with Gasteiger partial charge in [-0.1, -0.05) is 13.8 Å². The first-order chi connectivity index (χ1) is 15.1. The Bertz CT molecular complexity index is 878. The number of aliphatic carboxylic acids is 1. The molecule has 6 aliphatic rings. The van der Waals surface area contributed by atoms with Gasteiger partial charge in [0.2, 0.25) is 5.91 Å². The fourth-order valence-electron chi connectivity index (χ4n) is 8.49. The van der Waals surface area contributed by atoms with E-state index in [9.17, 15) is 24.6 Å². The van der Waals surface area contributed by atoms with Crippen LogP contribution in [0.2, 0.25) is 0 Å². The van der Waals surface area contributed by atoms with Crippen LogP contribution in [0, 0.1) is 34.5 Å². The number of aliphatic hydroxyl groups is 1. The van der Waals surface area contributed by atoms with Crippen molar-refractivity contribution in [1.29, 1.82) is 0 Å². The fraction of sp³-hybridized carbons (Fsp3) is 0.880. The van der Waals surface area contributed by atoms with Crippen LogP contribution in [0.15, 0.2) is 0 Å². The van der Waals surface area contributed by atoms with Crippen LogP contribution in [0.3, 0.4) is 0 Å².